The maximum absolute atomic E-state index is 12.5. The highest BCUT2D eigenvalue weighted by Gasteiger charge is 2.61. The minimum atomic E-state index is 0.102. The molecule has 1 unspecified atom stereocenters. The van der Waals surface area contributed by atoms with Crippen LogP contribution in [-0.4, -0.2) is 44.5 Å². The number of carbonyl (C=O) groups excluding carboxylic acids is 1. The first-order valence-electron chi connectivity index (χ1n) is 8.57. The number of fused-ring (bicyclic) bond motifs is 3. The van der Waals surface area contributed by atoms with E-state index in [1.807, 2.05) is 6.07 Å². The van der Waals surface area contributed by atoms with Crippen LogP contribution >= 0.6 is 0 Å². The fourth-order valence-electron chi connectivity index (χ4n) is 5.37. The predicted octanol–water partition coefficient (Wildman–Crippen LogP) is 2.64. The van der Waals surface area contributed by atoms with Crippen LogP contribution < -0.4 is 9.47 Å². The van der Waals surface area contributed by atoms with Gasteiger partial charge in [-0.25, -0.2) is 0 Å². The average molecular weight is 315 g/mol. The van der Waals surface area contributed by atoms with Gasteiger partial charge < -0.3 is 14.4 Å². The Morgan fingerprint density at radius 2 is 1.96 bits per heavy atom. The fourth-order valence-corrected chi connectivity index (χ4v) is 5.37. The van der Waals surface area contributed by atoms with Crippen LogP contribution in [0.3, 0.4) is 0 Å². The quantitative estimate of drug-likeness (QED) is 0.859. The van der Waals surface area contributed by atoms with Gasteiger partial charge in [-0.1, -0.05) is 6.07 Å². The third kappa shape index (κ3) is 1.90. The molecule has 1 heterocycles. The summed E-state index contributed by atoms with van der Waals surface area (Å²) in [5, 5.41) is 0. The molecule has 0 aromatic heterocycles. The second-order valence-corrected chi connectivity index (χ2v) is 7.32. The van der Waals surface area contributed by atoms with E-state index < -0.39 is 0 Å². The molecule has 3 aliphatic rings. The molecule has 4 atom stereocenters. The van der Waals surface area contributed by atoms with Crippen LogP contribution in [0.15, 0.2) is 18.2 Å². The third-order valence-electron chi connectivity index (χ3n) is 6.67. The van der Waals surface area contributed by atoms with E-state index >= 15 is 0 Å². The molecule has 124 valence electrons. The van der Waals surface area contributed by atoms with Crippen molar-refractivity contribution < 1.29 is 14.3 Å². The zero-order valence-electron chi connectivity index (χ0n) is 14.2. The van der Waals surface area contributed by atoms with E-state index in [4.69, 9.17) is 9.47 Å². The van der Waals surface area contributed by atoms with E-state index in [9.17, 15) is 4.79 Å². The average Bonchev–Trinajstić information content (AvgIpc) is 2.83. The maximum Gasteiger partial charge on any atom is 0.161 e. The summed E-state index contributed by atoms with van der Waals surface area (Å²) in [5.74, 6) is 2.83. The van der Waals surface area contributed by atoms with Crippen molar-refractivity contribution >= 4 is 5.78 Å². The smallest absolute Gasteiger partial charge is 0.161 e. The summed E-state index contributed by atoms with van der Waals surface area (Å²) in [6.07, 6.45) is 4.09. The van der Waals surface area contributed by atoms with E-state index in [1.165, 1.54) is 12.0 Å². The largest absolute Gasteiger partial charge is 0.493 e. The molecule has 4 rings (SSSR count). The molecule has 4 heteroatoms. The Morgan fingerprint density at radius 1 is 1.17 bits per heavy atom. The first-order chi connectivity index (χ1) is 11.1. The first-order valence-corrected chi connectivity index (χ1v) is 8.57. The van der Waals surface area contributed by atoms with Gasteiger partial charge in [0, 0.05) is 23.8 Å². The lowest BCUT2D eigenvalue weighted by Crippen LogP contribution is -2.59. The zero-order chi connectivity index (χ0) is 16.2. The van der Waals surface area contributed by atoms with Crippen molar-refractivity contribution in [2.45, 2.75) is 37.1 Å². The monoisotopic (exact) mass is 315 g/mol. The minimum Gasteiger partial charge on any atom is -0.493 e. The molecule has 2 saturated carbocycles. The summed E-state index contributed by atoms with van der Waals surface area (Å²) >= 11 is 0. The maximum atomic E-state index is 12.5. The summed E-state index contributed by atoms with van der Waals surface area (Å²) in [5.41, 5.74) is 1.43. The first kappa shape index (κ1) is 15.0. The highest BCUT2D eigenvalue weighted by molar-refractivity contribution is 5.85. The SMILES string of the molecule is COc1ccc([C@]23CCN(C)[C@H]2CC(=O)[C@H]2CCC23)cc1OC. The summed E-state index contributed by atoms with van der Waals surface area (Å²) in [6, 6.07) is 6.69. The molecular formula is C19H25NO3. The van der Waals surface area contributed by atoms with Gasteiger partial charge in [0.2, 0.25) is 0 Å². The number of rotatable bonds is 3. The van der Waals surface area contributed by atoms with Gasteiger partial charge >= 0.3 is 0 Å². The number of ether oxygens (including phenoxy) is 2. The van der Waals surface area contributed by atoms with Crippen molar-refractivity contribution in [3.63, 3.8) is 0 Å². The lowest BCUT2D eigenvalue weighted by atomic mass is 9.49. The Kier molecular flexibility index (Phi) is 3.41. The number of nitrogens with zero attached hydrogens (tertiary/aromatic N) is 1. The lowest BCUT2D eigenvalue weighted by molar-refractivity contribution is -0.138. The molecule has 1 aromatic carbocycles. The third-order valence-corrected chi connectivity index (χ3v) is 6.67. The summed E-state index contributed by atoms with van der Waals surface area (Å²) in [6.45, 7) is 1.06. The van der Waals surface area contributed by atoms with Crippen molar-refractivity contribution in [3.05, 3.63) is 23.8 Å². The molecule has 1 saturated heterocycles. The van der Waals surface area contributed by atoms with Crippen molar-refractivity contribution in [2.75, 3.05) is 27.8 Å². The molecule has 0 radical (unpaired) electrons. The number of likely N-dealkylation sites (tertiary alicyclic amines) is 1. The van der Waals surface area contributed by atoms with E-state index in [0.29, 0.717) is 24.2 Å². The van der Waals surface area contributed by atoms with Crippen LogP contribution in [0.1, 0.15) is 31.2 Å². The zero-order valence-corrected chi connectivity index (χ0v) is 14.2. The molecule has 0 spiro atoms. The molecule has 0 N–H and O–H groups in total. The number of ketones is 1. The Balaban J connectivity index is 1.82. The topological polar surface area (TPSA) is 38.8 Å². The second-order valence-electron chi connectivity index (χ2n) is 7.32. The highest BCUT2D eigenvalue weighted by atomic mass is 16.5. The van der Waals surface area contributed by atoms with Crippen molar-refractivity contribution in [2.24, 2.45) is 11.8 Å². The number of hydrogen-bond donors (Lipinski definition) is 0. The highest BCUT2D eigenvalue weighted by Crippen LogP contribution is 2.60. The van der Waals surface area contributed by atoms with Gasteiger partial charge in [0.1, 0.15) is 5.78 Å². The van der Waals surface area contributed by atoms with Gasteiger partial charge in [0.15, 0.2) is 11.5 Å². The van der Waals surface area contributed by atoms with E-state index in [0.717, 1.165) is 30.9 Å². The molecule has 3 fully saturated rings. The van der Waals surface area contributed by atoms with Crippen LogP contribution in [0.2, 0.25) is 0 Å². The molecule has 4 nitrogen and oxygen atoms in total. The number of benzene rings is 1. The minimum absolute atomic E-state index is 0.102. The van der Waals surface area contributed by atoms with Gasteiger partial charge in [-0.3, -0.25) is 4.79 Å². The molecule has 1 aromatic rings. The van der Waals surface area contributed by atoms with Crippen molar-refractivity contribution in [1.82, 2.24) is 4.90 Å². The molecule has 0 bridgehead atoms. The predicted molar refractivity (Wildman–Crippen MR) is 88.1 cm³/mol. The van der Waals surface area contributed by atoms with Crippen molar-refractivity contribution in [3.8, 4) is 11.5 Å². The lowest BCUT2D eigenvalue weighted by Gasteiger charge is -2.55. The number of likely N-dealkylation sites (N-methyl/N-ethyl adjacent to an activating group) is 1. The van der Waals surface area contributed by atoms with Crippen molar-refractivity contribution in [1.29, 1.82) is 0 Å². The Labute approximate surface area is 137 Å². The van der Waals surface area contributed by atoms with Gasteiger partial charge in [-0.2, -0.15) is 0 Å². The van der Waals surface area contributed by atoms with E-state index in [1.54, 1.807) is 14.2 Å². The standard InChI is InChI=1S/C19H25NO3/c1-20-9-8-19(12-4-7-16(22-2)17(10-12)23-3)14-6-5-13(14)15(21)11-18(19)20/h4,7,10,13-14,18H,5-6,8-9,11H2,1-3H3/t13-,14?,18-,19-/m0/s1. The molecular weight excluding hydrogens is 290 g/mol. The molecule has 23 heavy (non-hydrogen) atoms. The Bertz CT molecular complexity index is 644. The summed E-state index contributed by atoms with van der Waals surface area (Å²) in [7, 11) is 5.52. The van der Waals surface area contributed by atoms with Crippen LogP contribution in [0, 0.1) is 11.8 Å². The summed E-state index contributed by atoms with van der Waals surface area (Å²) < 4.78 is 10.9. The number of carbonyl (C=O) groups is 1. The number of methoxy groups -OCH3 is 2. The molecule has 0 amide bonds. The number of Topliss-reactive ketones (excluding diaryl/α,β-unsaturated/α-hetero) is 1. The van der Waals surface area contributed by atoms with Gasteiger partial charge in [0.05, 0.1) is 14.2 Å². The van der Waals surface area contributed by atoms with Crippen LogP contribution in [0.4, 0.5) is 0 Å². The van der Waals surface area contributed by atoms with Crippen LogP contribution in [0.5, 0.6) is 11.5 Å². The normalized spacial score (nSPS) is 36.1. The second kappa shape index (κ2) is 5.23. The van der Waals surface area contributed by atoms with E-state index in [-0.39, 0.29) is 11.3 Å². The fraction of sp³-hybridized carbons (Fsp3) is 0.632. The van der Waals surface area contributed by atoms with Gasteiger partial charge in [-0.05, 0) is 56.5 Å². The summed E-state index contributed by atoms with van der Waals surface area (Å²) in [4.78, 5) is 14.9. The Morgan fingerprint density at radius 3 is 2.61 bits per heavy atom. The van der Waals surface area contributed by atoms with Gasteiger partial charge in [-0.15, -0.1) is 0 Å². The molecule has 1 aliphatic heterocycles. The number of hydrogen-bond acceptors (Lipinski definition) is 4. The van der Waals surface area contributed by atoms with Crippen LogP contribution in [0.25, 0.3) is 0 Å². The van der Waals surface area contributed by atoms with Crippen LogP contribution in [-0.2, 0) is 10.2 Å². The van der Waals surface area contributed by atoms with Gasteiger partial charge in [0.25, 0.3) is 0 Å². The molecule has 2 aliphatic carbocycles. The van der Waals surface area contributed by atoms with E-state index in [2.05, 4.69) is 24.1 Å². The Hall–Kier alpha value is -1.55.